The number of piperidine rings is 1. The summed E-state index contributed by atoms with van der Waals surface area (Å²) in [5.41, 5.74) is 5.21. The first-order valence-electron chi connectivity index (χ1n) is 11.5. The van der Waals surface area contributed by atoms with E-state index < -0.39 is 0 Å². The fraction of sp³-hybridized carbons (Fsp3) is 0.286. The van der Waals surface area contributed by atoms with Crippen LogP contribution in [0.2, 0.25) is 0 Å². The number of nitrogens with one attached hydrogen (secondary N) is 1. The maximum Gasteiger partial charge on any atom is 0.253 e. The number of fused-ring (bicyclic) bond motifs is 2. The molecule has 3 aliphatic rings. The van der Waals surface area contributed by atoms with Crippen LogP contribution in [0.1, 0.15) is 27.4 Å². The molecule has 168 valence electrons. The summed E-state index contributed by atoms with van der Waals surface area (Å²) in [4.78, 5) is 28.7. The summed E-state index contributed by atoms with van der Waals surface area (Å²) in [6.45, 7) is 1.51. The Kier molecular flexibility index (Phi) is 5.73. The minimum atomic E-state index is 0.00760. The summed E-state index contributed by atoms with van der Waals surface area (Å²) in [7, 11) is 3.54. The molecule has 0 aromatic heterocycles. The lowest BCUT2D eigenvalue weighted by Gasteiger charge is -2.55. The second-order valence-corrected chi connectivity index (χ2v) is 9.27. The van der Waals surface area contributed by atoms with Crippen molar-refractivity contribution in [2.24, 2.45) is 0 Å². The van der Waals surface area contributed by atoms with Crippen LogP contribution in [0, 0.1) is 0 Å². The summed E-state index contributed by atoms with van der Waals surface area (Å²) >= 11 is 0. The summed E-state index contributed by atoms with van der Waals surface area (Å²) in [5.74, 6) is 0.647. The Morgan fingerprint density at radius 2 is 1.58 bits per heavy atom. The minimum absolute atomic E-state index is 0.00760. The molecule has 3 atom stereocenters. The molecular weight excluding hydrogens is 410 g/mol. The van der Waals surface area contributed by atoms with E-state index in [1.54, 1.807) is 19.0 Å². The molecule has 6 rings (SSSR count). The molecule has 0 aliphatic carbocycles. The van der Waals surface area contributed by atoms with E-state index in [-0.39, 0.29) is 11.8 Å². The van der Waals surface area contributed by atoms with Crippen molar-refractivity contribution in [3.63, 3.8) is 0 Å². The van der Waals surface area contributed by atoms with Crippen LogP contribution in [0.3, 0.4) is 0 Å². The maximum atomic E-state index is 12.8. The first kappa shape index (κ1) is 21.4. The monoisotopic (exact) mass is 439 g/mol. The summed E-state index contributed by atoms with van der Waals surface area (Å²) in [6, 6.07) is 27.0. The van der Waals surface area contributed by atoms with Gasteiger partial charge in [-0.25, -0.2) is 0 Å². The number of hydrogen-bond donors (Lipinski definition) is 1. The lowest BCUT2D eigenvalue weighted by Crippen LogP contribution is -2.72. The van der Waals surface area contributed by atoms with Crippen molar-refractivity contribution < 1.29 is 9.59 Å². The zero-order valence-electron chi connectivity index (χ0n) is 19.1. The Hall–Kier alpha value is -3.44. The highest BCUT2D eigenvalue weighted by Gasteiger charge is 2.47. The van der Waals surface area contributed by atoms with Gasteiger partial charge in [0.05, 0.1) is 6.42 Å². The second-order valence-electron chi connectivity index (χ2n) is 9.27. The van der Waals surface area contributed by atoms with Crippen LogP contribution in [0.4, 0.5) is 0 Å². The lowest BCUT2D eigenvalue weighted by molar-refractivity contribution is -0.135. The number of benzene rings is 3. The Bertz CT molecular complexity index is 1150. The number of carbonyl (C=O) groups excluding carboxylic acids is 2. The van der Waals surface area contributed by atoms with Gasteiger partial charge in [-0.1, -0.05) is 66.7 Å². The van der Waals surface area contributed by atoms with Gasteiger partial charge in [0, 0.05) is 50.7 Å². The van der Waals surface area contributed by atoms with Crippen LogP contribution in [0.25, 0.3) is 11.1 Å². The van der Waals surface area contributed by atoms with Crippen LogP contribution in [0.5, 0.6) is 0 Å². The van der Waals surface area contributed by atoms with Crippen LogP contribution in [-0.2, 0) is 11.2 Å². The lowest BCUT2D eigenvalue weighted by atomic mass is 9.74. The number of carbonyl (C=O) groups is 2. The molecule has 3 aliphatic heterocycles. The highest BCUT2D eigenvalue weighted by molar-refractivity contribution is 5.95. The summed E-state index contributed by atoms with van der Waals surface area (Å²) < 4.78 is 0. The van der Waals surface area contributed by atoms with Crippen molar-refractivity contribution in [2.45, 2.75) is 24.4 Å². The van der Waals surface area contributed by atoms with Crippen LogP contribution in [0.15, 0.2) is 78.9 Å². The van der Waals surface area contributed by atoms with Crippen molar-refractivity contribution in [1.29, 1.82) is 0 Å². The Balaban J connectivity index is 1.25. The third-order valence-electron chi connectivity index (χ3n) is 6.82. The number of rotatable bonds is 5. The molecule has 33 heavy (non-hydrogen) atoms. The molecule has 3 aromatic rings. The van der Waals surface area contributed by atoms with E-state index in [1.165, 1.54) is 5.56 Å². The molecule has 2 bridgehead atoms. The van der Waals surface area contributed by atoms with E-state index in [2.05, 4.69) is 29.6 Å². The van der Waals surface area contributed by atoms with E-state index >= 15 is 0 Å². The van der Waals surface area contributed by atoms with Gasteiger partial charge in [0.15, 0.2) is 0 Å². The molecular formula is C28H29N3O2. The van der Waals surface area contributed by atoms with Crippen molar-refractivity contribution in [2.75, 3.05) is 27.2 Å². The standard InChI is InChI=1S/C28H29N3O2/c1-30(2)28(33)23-10-6-9-22(16-23)20-11-13-21(14-12-20)27-24-17-31(18-25(27)29-24)26(32)15-19-7-4-3-5-8-19/h3-14,16,24-25,27,29H,15,17-18H2,1-2H3/t24-,25+,27?. The molecule has 3 aromatic carbocycles. The number of amides is 2. The number of hydrogen-bond acceptors (Lipinski definition) is 3. The molecule has 5 heteroatoms. The molecule has 1 unspecified atom stereocenters. The van der Waals surface area contributed by atoms with Gasteiger partial charge in [-0.05, 0) is 34.4 Å². The number of nitrogens with zero attached hydrogens (tertiary/aromatic N) is 2. The fourth-order valence-corrected chi connectivity index (χ4v) is 5.06. The molecule has 3 saturated heterocycles. The largest absolute Gasteiger partial charge is 0.345 e. The molecule has 5 nitrogen and oxygen atoms in total. The minimum Gasteiger partial charge on any atom is -0.345 e. The third kappa shape index (κ3) is 4.29. The molecule has 1 N–H and O–H groups in total. The Labute approximate surface area is 195 Å². The molecule has 0 radical (unpaired) electrons. The van der Waals surface area contributed by atoms with Gasteiger partial charge in [-0.3, -0.25) is 9.59 Å². The summed E-state index contributed by atoms with van der Waals surface area (Å²) in [6.07, 6.45) is 0.467. The normalized spacial score (nSPS) is 21.3. The van der Waals surface area contributed by atoms with E-state index in [4.69, 9.17) is 0 Å². The molecule has 3 heterocycles. The van der Waals surface area contributed by atoms with Crippen molar-refractivity contribution >= 4 is 11.8 Å². The Morgan fingerprint density at radius 1 is 0.879 bits per heavy atom. The maximum absolute atomic E-state index is 12.8. The van der Waals surface area contributed by atoms with Crippen molar-refractivity contribution in [1.82, 2.24) is 15.1 Å². The highest BCUT2D eigenvalue weighted by Crippen LogP contribution is 2.37. The molecule has 3 fully saturated rings. The average Bonchev–Trinajstić information content (AvgIpc) is 2.84. The first-order chi connectivity index (χ1) is 16.0. The predicted octanol–water partition coefficient (Wildman–Crippen LogP) is 3.56. The van der Waals surface area contributed by atoms with Gasteiger partial charge in [0.1, 0.15) is 0 Å². The van der Waals surface area contributed by atoms with Crippen LogP contribution >= 0.6 is 0 Å². The van der Waals surface area contributed by atoms with E-state index in [1.807, 2.05) is 59.5 Å². The first-order valence-corrected chi connectivity index (χ1v) is 11.5. The van der Waals surface area contributed by atoms with Crippen LogP contribution in [-0.4, -0.2) is 60.9 Å². The van der Waals surface area contributed by atoms with Gasteiger partial charge in [-0.15, -0.1) is 0 Å². The number of piperazine rings is 1. The smallest absolute Gasteiger partial charge is 0.253 e. The van der Waals surface area contributed by atoms with Gasteiger partial charge >= 0.3 is 0 Å². The topological polar surface area (TPSA) is 52.7 Å². The van der Waals surface area contributed by atoms with E-state index in [0.29, 0.717) is 30.0 Å². The quantitative estimate of drug-likeness (QED) is 0.661. The SMILES string of the molecule is CN(C)C(=O)c1cccc(-c2ccc(C3[C@@H]4CN(C(=O)Cc5ccccc5)C[C@H]3N4)cc2)c1. The van der Waals surface area contributed by atoms with Crippen LogP contribution < -0.4 is 5.32 Å². The third-order valence-corrected chi connectivity index (χ3v) is 6.82. The summed E-state index contributed by atoms with van der Waals surface area (Å²) in [5, 5.41) is 3.62. The zero-order chi connectivity index (χ0) is 22.9. The second kappa shape index (κ2) is 8.83. The fourth-order valence-electron chi connectivity index (χ4n) is 5.06. The molecule has 2 amide bonds. The highest BCUT2D eigenvalue weighted by atomic mass is 16.2. The molecule has 0 saturated carbocycles. The average molecular weight is 440 g/mol. The molecule has 0 spiro atoms. The van der Waals surface area contributed by atoms with Crippen molar-refractivity contribution in [3.05, 3.63) is 95.6 Å². The van der Waals surface area contributed by atoms with Crippen molar-refractivity contribution in [3.8, 4) is 11.1 Å². The van der Waals surface area contributed by atoms with E-state index in [9.17, 15) is 9.59 Å². The van der Waals surface area contributed by atoms with Gasteiger partial charge in [-0.2, -0.15) is 0 Å². The van der Waals surface area contributed by atoms with Gasteiger partial charge < -0.3 is 15.1 Å². The van der Waals surface area contributed by atoms with Gasteiger partial charge in [0.25, 0.3) is 5.91 Å². The van der Waals surface area contributed by atoms with E-state index in [0.717, 1.165) is 29.8 Å². The van der Waals surface area contributed by atoms with Gasteiger partial charge in [0.2, 0.25) is 5.91 Å². The zero-order valence-corrected chi connectivity index (χ0v) is 19.1. The predicted molar refractivity (Wildman–Crippen MR) is 130 cm³/mol. The Morgan fingerprint density at radius 3 is 2.24 bits per heavy atom.